The molecule has 4 N–H and O–H groups in total. The van der Waals surface area contributed by atoms with Crippen LogP contribution in [0.5, 0.6) is 0 Å². The van der Waals surface area contributed by atoms with E-state index in [-0.39, 0.29) is 31.5 Å². The summed E-state index contributed by atoms with van der Waals surface area (Å²) >= 11 is 0. The summed E-state index contributed by atoms with van der Waals surface area (Å²) in [5, 5.41) is 9.70. The van der Waals surface area contributed by atoms with Gasteiger partial charge in [0.05, 0.1) is 19.8 Å². The van der Waals surface area contributed by atoms with Gasteiger partial charge < -0.3 is 29.3 Å². The molecule has 0 aliphatic carbocycles. The molecule has 0 bridgehead atoms. The summed E-state index contributed by atoms with van der Waals surface area (Å²) in [5.41, 5.74) is 0. The highest BCUT2D eigenvalue weighted by Crippen LogP contribution is 2.43. The van der Waals surface area contributed by atoms with E-state index in [1.165, 1.54) is 38.2 Å². The first-order chi connectivity index (χ1) is 25.6. The molecule has 1 unspecified atom stereocenters. The minimum absolute atomic E-state index is 0.0750. The normalized spacial score (nSPS) is 14.7. The lowest BCUT2D eigenvalue weighted by Gasteiger charge is -2.20. The van der Waals surface area contributed by atoms with Gasteiger partial charge in [0.15, 0.2) is 11.9 Å². The van der Waals surface area contributed by atoms with Crippen LogP contribution < -0.4 is 0 Å². The Morgan fingerprint density at radius 3 is 1.94 bits per heavy atom. The molecule has 0 heterocycles. The van der Waals surface area contributed by atoms with Gasteiger partial charge in [0, 0.05) is 19.3 Å². The molecule has 54 heavy (non-hydrogen) atoms. The molecule has 0 fully saturated rings. The van der Waals surface area contributed by atoms with Crippen molar-refractivity contribution in [2.75, 3.05) is 26.4 Å². The van der Waals surface area contributed by atoms with Crippen LogP contribution in [-0.4, -0.2) is 76.1 Å². The number of ether oxygens (including phenoxy) is 2. The molecule has 0 aliphatic rings. The number of allylic oxidation sites excluding steroid dienone is 8. The molecular weight excluding hydrogens is 742 g/mol. The number of esters is 2. The lowest BCUT2D eigenvalue weighted by atomic mass is 10.0. The summed E-state index contributed by atoms with van der Waals surface area (Å²) in [6, 6.07) is 0. The molecule has 0 aliphatic heterocycles. The van der Waals surface area contributed by atoms with Crippen LogP contribution in [0.25, 0.3) is 0 Å². The maximum Gasteiger partial charge on any atom is 0.472 e. The predicted molar refractivity (Wildman–Crippen MR) is 207 cm³/mol. The van der Waals surface area contributed by atoms with E-state index in [1.54, 1.807) is 12.2 Å². The second kappa shape index (κ2) is 32.9. The number of aliphatic hydroxyl groups excluding tert-OH is 1. The maximum absolute atomic E-state index is 12.6. The van der Waals surface area contributed by atoms with Gasteiger partial charge in [0.2, 0.25) is 0 Å². The quantitative estimate of drug-likeness (QED) is 0.0119. The standard InChI is InChI=1S/C38H66O14P2/c1-4-5-6-7-8-9-10-11-12-13-14-18-21-25-34(39)26-23-28-38(42)52-36(31-48-37(41)27-22-19-16-15-17-20-24-33(2)3)32-51-54(46,47)50-30-35(40)29-49-53(43,44)45/h8-9,11-12,14,18,21,25,33,35-36,40H,4-7,10,13,15-17,19-20,22-24,26-32H2,1-3H3,(H,46,47)(H2,43,44,45)/b9-8-,12-11-,18-14-,25-21+/t35-,36+/m0/s1. The third kappa shape index (κ3) is 36.7. The zero-order valence-electron chi connectivity index (χ0n) is 32.5. The first-order valence-electron chi connectivity index (χ1n) is 19.1. The Labute approximate surface area is 322 Å². The number of phosphoric acid groups is 2. The van der Waals surface area contributed by atoms with Gasteiger partial charge in [0.1, 0.15) is 12.7 Å². The maximum atomic E-state index is 12.6. The summed E-state index contributed by atoms with van der Waals surface area (Å²) < 4.78 is 47.3. The molecule has 0 amide bonds. The monoisotopic (exact) mass is 808 g/mol. The number of unbranched alkanes of at least 4 members (excludes halogenated alkanes) is 8. The minimum Gasteiger partial charge on any atom is -0.462 e. The molecule has 0 spiro atoms. The van der Waals surface area contributed by atoms with Crippen molar-refractivity contribution in [3.8, 4) is 0 Å². The number of carbonyl (C=O) groups excluding carboxylic acids is 3. The third-order valence-electron chi connectivity index (χ3n) is 7.61. The van der Waals surface area contributed by atoms with Crippen LogP contribution in [0.4, 0.5) is 0 Å². The molecule has 312 valence electrons. The lowest BCUT2D eigenvalue weighted by Crippen LogP contribution is -2.30. The Kier molecular flexibility index (Phi) is 31.6. The van der Waals surface area contributed by atoms with Crippen LogP contribution in [0.15, 0.2) is 48.6 Å². The van der Waals surface area contributed by atoms with E-state index in [1.807, 2.05) is 6.08 Å². The van der Waals surface area contributed by atoms with E-state index in [0.717, 1.165) is 44.9 Å². The molecule has 14 nitrogen and oxygen atoms in total. The van der Waals surface area contributed by atoms with Crippen molar-refractivity contribution in [3.05, 3.63) is 48.6 Å². The van der Waals surface area contributed by atoms with Crippen LogP contribution in [0.2, 0.25) is 0 Å². The average Bonchev–Trinajstić information content (AvgIpc) is 3.10. The fraction of sp³-hybridized carbons (Fsp3) is 0.711. The van der Waals surface area contributed by atoms with Crippen LogP contribution in [0.3, 0.4) is 0 Å². The summed E-state index contributed by atoms with van der Waals surface area (Å²) in [4.78, 5) is 64.6. The van der Waals surface area contributed by atoms with Gasteiger partial charge in [-0.05, 0) is 50.5 Å². The van der Waals surface area contributed by atoms with E-state index in [4.69, 9.17) is 23.8 Å². The number of rotatable bonds is 35. The van der Waals surface area contributed by atoms with Gasteiger partial charge >= 0.3 is 27.6 Å². The van der Waals surface area contributed by atoms with Crippen molar-refractivity contribution >= 4 is 33.4 Å². The average molecular weight is 809 g/mol. The van der Waals surface area contributed by atoms with Crippen LogP contribution in [-0.2, 0) is 46.6 Å². The van der Waals surface area contributed by atoms with Crippen molar-refractivity contribution in [2.45, 2.75) is 142 Å². The number of aliphatic hydroxyl groups is 1. The summed E-state index contributed by atoms with van der Waals surface area (Å²) in [6.07, 6.45) is 26.0. The van der Waals surface area contributed by atoms with Gasteiger partial charge in [0.25, 0.3) is 0 Å². The van der Waals surface area contributed by atoms with Gasteiger partial charge in [-0.15, -0.1) is 0 Å². The summed E-state index contributed by atoms with van der Waals surface area (Å²) in [6.45, 7) is 3.61. The molecule has 0 aromatic rings. The van der Waals surface area contributed by atoms with Gasteiger partial charge in [-0.25, -0.2) is 9.13 Å². The highest BCUT2D eigenvalue weighted by Gasteiger charge is 2.28. The Bertz CT molecular complexity index is 1220. The zero-order chi connectivity index (χ0) is 40.5. The molecule has 0 rings (SSSR count). The second-order valence-corrected chi connectivity index (χ2v) is 16.1. The van der Waals surface area contributed by atoms with Crippen LogP contribution >= 0.6 is 15.6 Å². The van der Waals surface area contributed by atoms with Crippen LogP contribution in [0.1, 0.15) is 130 Å². The number of hydrogen-bond donors (Lipinski definition) is 4. The number of carbonyl (C=O) groups is 3. The SMILES string of the molecule is CCCCC/C=C\C/C=C\C/C=C\C=C\C(=O)CCCC(=O)O[C@H](COC(=O)CCCCCCCCC(C)C)COP(=O)(O)OC[C@@H](O)COP(=O)(O)O. The molecule has 3 atom stereocenters. The Hall–Kier alpha value is -2.25. The topological polar surface area (TPSA) is 212 Å². The van der Waals surface area contributed by atoms with Gasteiger partial charge in [-0.2, -0.15) is 0 Å². The lowest BCUT2D eigenvalue weighted by molar-refractivity contribution is -0.161. The van der Waals surface area contributed by atoms with E-state index in [0.29, 0.717) is 12.3 Å². The molecular formula is C38H66O14P2. The molecule has 0 radical (unpaired) electrons. The number of ketones is 1. The van der Waals surface area contributed by atoms with Crippen molar-refractivity contribution in [2.24, 2.45) is 5.92 Å². The largest absolute Gasteiger partial charge is 0.472 e. The highest BCUT2D eigenvalue weighted by molar-refractivity contribution is 7.47. The second-order valence-electron chi connectivity index (χ2n) is 13.4. The Morgan fingerprint density at radius 1 is 0.648 bits per heavy atom. The Morgan fingerprint density at radius 2 is 1.26 bits per heavy atom. The zero-order valence-corrected chi connectivity index (χ0v) is 34.3. The highest BCUT2D eigenvalue weighted by atomic mass is 31.2. The van der Waals surface area contributed by atoms with E-state index < -0.39 is 66.2 Å². The summed E-state index contributed by atoms with van der Waals surface area (Å²) in [7, 11) is -9.75. The molecule has 0 saturated heterocycles. The van der Waals surface area contributed by atoms with Crippen LogP contribution in [0, 0.1) is 5.92 Å². The number of phosphoric ester groups is 2. The van der Waals surface area contributed by atoms with Crippen molar-refractivity contribution in [3.63, 3.8) is 0 Å². The van der Waals surface area contributed by atoms with E-state index >= 15 is 0 Å². The molecule has 16 heteroatoms. The summed E-state index contributed by atoms with van der Waals surface area (Å²) in [5.74, 6) is -0.802. The van der Waals surface area contributed by atoms with E-state index in [2.05, 4.69) is 54.1 Å². The fourth-order valence-electron chi connectivity index (χ4n) is 4.66. The number of hydrogen-bond acceptors (Lipinski definition) is 11. The minimum atomic E-state index is -4.88. The fourth-order valence-corrected chi connectivity index (χ4v) is 5.82. The van der Waals surface area contributed by atoms with Crippen molar-refractivity contribution < 1.29 is 66.3 Å². The van der Waals surface area contributed by atoms with Crippen molar-refractivity contribution in [1.82, 2.24) is 0 Å². The van der Waals surface area contributed by atoms with E-state index in [9.17, 15) is 33.5 Å². The van der Waals surface area contributed by atoms with Gasteiger partial charge in [-0.3, -0.25) is 28.0 Å². The van der Waals surface area contributed by atoms with Crippen molar-refractivity contribution in [1.29, 1.82) is 0 Å². The predicted octanol–water partition coefficient (Wildman–Crippen LogP) is 8.15. The Balaban J connectivity index is 4.80. The van der Waals surface area contributed by atoms with Gasteiger partial charge in [-0.1, -0.05) is 115 Å². The first-order valence-corrected chi connectivity index (χ1v) is 22.2. The molecule has 0 aromatic carbocycles. The smallest absolute Gasteiger partial charge is 0.462 e. The third-order valence-corrected chi connectivity index (χ3v) is 9.05. The first kappa shape index (κ1) is 51.8. The molecule has 0 saturated carbocycles. The molecule has 0 aromatic heterocycles.